The monoisotopic (exact) mass is 309 g/mol. The Labute approximate surface area is 128 Å². The van der Waals surface area contributed by atoms with Crippen LogP contribution in [0.2, 0.25) is 5.02 Å². The molecule has 5 nitrogen and oxygen atoms in total. The number of carbonyl (C=O) groups excluding carboxylic acids is 2. The second-order valence-corrected chi connectivity index (χ2v) is 6.32. The quantitative estimate of drug-likeness (QED) is 0.568. The van der Waals surface area contributed by atoms with Crippen LogP contribution in [0.15, 0.2) is 24.3 Å². The zero-order chi connectivity index (χ0) is 14.8. The minimum absolute atomic E-state index is 0.101. The fraction of sp³-hybridized carbons (Fsp3) is 0.467. The molecule has 112 valence electrons. The number of nitrogens with one attached hydrogen (secondary N) is 3. The predicted octanol–water partition coefficient (Wildman–Crippen LogP) is -1.96. The molecule has 0 radical (unpaired) electrons. The van der Waals surface area contributed by atoms with Gasteiger partial charge in [0, 0.05) is 10.6 Å². The van der Waals surface area contributed by atoms with Crippen molar-refractivity contribution in [3.63, 3.8) is 0 Å². The van der Waals surface area contributed by atoms with Gasteiger partial charge in [0.25, 0.3) is 5.91 Å². The summed E-state index contributed by atoms with van der Waals surface area (Å²) in [6, 6.07) is 7.81. The standard InChI is InChI=1S/C15H18ClN3O2/c16-12-3-1-11(2-4-12)10-18-5-7-19(8-6-18)13-9-14(20)17-15(13)21/h1-4,13H,5-10H2,(H,17,20,21)/p+2/t13-/m0/s1. The molecule has 2 saturated heterocycles. The van der Waals surface area contributed by atoms with Crippen molar-refractivity contribution in [3.05, 3.63) is 34.9 Å². The van der Waals surface area contributed by atoms with Gasteiger partial charge in [-0.3, -0.25) is 14.9 Å². The first-order valence-corrected chi connectivity index (χ1v) is 7.76. The van der Waals surface area contributed by atoms with E-state index in [1.165, 1.54) is 15.4 Å². The first-order valence-electron chi connectivity index (χ1n) is 7.38. The van der Waals surface area contributed by atoms with Gasteiger partial charge in [-0.2, -0.15) is 0 Å². The molecule has 0 bridgehead atoms. The maximum Gasteiger partial charge on any atom is 0.285 e. The fourth-order valence-corrected chi connectivity index (χ4v) is 3.35. The summed E-state index contributed by atoms with van der Waals surface area (Å²) in [6.45, 7) is 4.91. The number of imide groups is 1. The lowest BCUT2D eigenvalue weighted by molar-refractivity contribution is -1.02. The van der Waals surface area contributed by atoms with Crippen LogP contribution in [-0.2, 0) is 16.1 Å². The number of piperazine rings is 1. The first-order chi connectivity index (χ1) is 10.1. The lowest BCUT2D eigenvalue weighted by Gasteiger charge is -2.31. The summed E-state index contributed by atoms with van der Waals surface area (Å²) in [4.78, 5) is 25.8. The highest BCUT2D eigenvalue weighted by Crippen LogP contribution is 2.08. The van der Waals surface area contributed by atoms with Gasteiger partial charge in [0.15, 0.2) is 6.04 Å². The Morgan fingerprint density at radius 3 is 2.33 bits per heavy atom. The molecule has 0 aromatic heterocycles. The summed E-state index contributed by atoms with van der Waals surface area (Å²) >= 11 is 5.90. The van der Waals surface area contributed by atoms with E-state index in [1.807, 2.05) is 12.1 Å². The number of hydrogen-bond acceptors (Lipinski definition) is 2. The van der Waals surface area contributed by atoms with Crippen LogP contribution in [0, 0.1) is 0 Å². The molecular formula is C15H20ClN3O2+2. The van der Waals surface area contributed by atoms with E-state index in [2.05, 4.69) is 17.4 Å². The van der Waals surface area contributed by atoms with Gasteiger partial charge in [-0.25, -0.2) is 0 Å². The summed E-state index contributed by atoms with van der Waals surface area (Å²) in [7, 11) is 0. The Kier molecular flexibility index (Phi) is 4.24. The van der Waals surface area contributed by atoms with E-state index in [0.717, 1.165) is 37.7 Å². The summed E-state index contributed by atoms with van der Waals surface area (Å²) < 4.78 is 0. The smallest absolute Gasteiger partial charge is 0.285 e. The predicted molar refractivity (Wildman–Crippen MR) is 78.1 cm³/mol. The number of carbonyl (C=O) groups is 2. The minimum atomic E-state index is -0.172. The maximum absolute atomic E-state index is 11.7. The van der Waals surface area contributed by atoms with Crippen LogP contribution in [0.5, 0.6) is 0 Å². The van der Waals surface area contributed by atoms with E-state index in [4.69, 9.17) is 11.6 Å². The summed E-state index contributed by atoms with van der Waals surface area (Å²) in [6.07, 6.45) is 0.348. The minimum Gasteiger partial charge on any atom is -0.322 e. The topological polar surface area (TPSA) is 55.1 Å². The molecule has 2 heterocycles. The highest BCUT2D eigenvalue weighted by Gasteiger charge is 2.40. The van der Waals surface area contributed by atoms with Gasteiger partial charge in [0.05, 0.1) is 6.42 Å². The first kappa shape index (κ1) is 14.5. The Balaban J connectivity index is 1.52. The summed E-state index contributed by atoms with van der Waals surface area (Å²) in [5.74, 6) is -0.232. The number of benzene rings is 1. The van der Waals surface area contributed by atoms with Crippen molar-refractivity contribution in [1.82, 2.24) is 5.32 Å². The number of halogens is 1. The third-order valence-corrected chi connectivity index (χ3v) is 4.68. The largest absolute Gasteiger partial charge is 0.322 e. The lowest BCUT2D eigenvalue weighted by atomic mass is 10.1. The van der Waals surface area contributed by atoms with Crippen LogP contribution < -0.4 is 15.1 Å². The van der Waals surface area contributed by atoms with E-state index < -0.39 is 0 Å². The molecule has 1 aromatic rings. The molecule has 2 amide bonds. The Morgan fingerprint density at radius 2 is 1.76 bits per heavy atom. The Hall–Kier alpha value is -1.43. The van der Waals surface area contributed by atoms with Gasteiger partial charge in [0.2, 0.25) is 5.91 Å². The second kappa shape index (κ2) is 6.13. The van der Waals surface area contributed by atoms with Crippen molar-refractivity contribution in [1.29, 1.82) is 0 Å². The molecule has 21 heavy (non-hydrogen) atoms. The van der Waals surface area contributed by atoms with E-state index in [-0.39, 0.29) is 17.9 Å². The summed E-state index contributed by atoms with van der Waals surface area (Å²) in [5.41, 5.74) is 1.28. The molecule has 3 N–H and O–H groups in total. The highest BCUT2D eigenvalue weighted by molar-refractivity contribution is 6.30. The van der Waals surface area contributed by atoms with Gasteiger partial charge in [-0.15, -0.1) is 0 Å². The molecule has 3 rings (SSSR count). The van der Waals surface area contributed by atoms with Crippen LogP contribution in [0.1, 0.15) is 12.0 Å². The van der Waals surface area contributed by atoms with Gasteiger partial charge in [-0.05, 0) is 12.1 Å². The lowest BCUT2D eigenvalue weighted by Crippen LogP contribution is -3.29. The molecule has 6 heteroatoms. The van der Waals surface area contributed by atoms with Crippen LogP contribution in [0.3, 0.4) is 0 Å². The normalized spacial score (nSPS) is 29.5. The Morgan fingerprint density at radius 1 is 1.10 bits per heavy atom. The molecule has 2 aliphatic heterocycles. The zero-order valence-electron chi connectivity index (χ0n) is 11.8. The molecule has 2 fully saturated rings. The number of hydrogen-bond donors (Lipinski definition) is 3. The van der Waals surface area contributed by atoms with Gasteiger partial charge in [0.1, 0.15) is 32.7 Å². The van der Waals surface area contributed by atoms with Crippen molar-refractivity contribution in [3.8, 4) is 0 Å². The fourth-order valence-electron chi connectivity index (χ4n) is 3.22. The van der Waals surface area contributed by atoms with E-state index in [1.54, 1.807) is 0 Å². The second-order valence-electron chi connectivity index (χ2n) is 5.88. The van der Waals surface area contributed by atoms with Crippen molar-refractivity contribution in [2.75, 3.05) is 26.2 Å². The molecule has 2 aliphatic rings. The Bertz CT molecular complexity index is 538. The van der Waals surface area contributed by atoms with Gasteiger partial charge < -0.3 is 9.80 Å². The third kappa shape index (κ3) is 3.43. The zero-order valence-corrected chi connectivity index (χ0v) is 12.6. The number of amides is 2. The molecule has 0 spiro atoms. The van der Waals surface area contributed by atoms with E-state index >= 15 is 0 Å². The van der Waals surface area contributed by atoms with Crippen LogP contribution >= 0.6 is 11.6 Å². The molecular weight excluding hydrogens is 290 g/mol. The number of rotatable bonds is 3. The molecule has 1 aromatic carbocycles. The maximum atomic E-state index is 11.7. The molecule has 0 unspecified atom stereocenters. The molecule has 0 saturated carbocycles. The molecule has 1 atom stereocenters. The highest BCUT2D eigenvalue weighted by atomic mass is 35.5. The van der Waals surface area contributed by atoms with Gasteiger partial charge in [-0.1, -0.05) is 23.7 Å². The molecule has 0 aliphatic carbocycles. The van der Waals surface area contributed by atoms with Gasteiger partial charge >= 0.3 is 0 Å². The summed E-state index contributed by atoms with van der Waals surface area (Å²) in [5, 5.41) is 3.17. The van der Waals surface area contributed by atoms with E-state index in [9.17, 15) is 9.59 Å². The number of quaternary nitrogens is 2. The average molecular weight is 310 g/mol. The van der Waals surface area contributed by atoms with E-state index in [0.29, 0.717) is 6.42 Å². The van der Waals surface area contributed by atoms with Crippen LogP contribution in [0.25, 0.3) is 0 Å². The SMILES string of the molecule is O=C1C[C@H]([NH+]2CC[NH+](Cc3ccc(Cl)cc3)CC2)C(=O)N1. The van der Waals surface area contributed by atoms with Crippen molar-refractivity contribution >= 4 is 23.4 Å². The van der Waals surface area contributed by atoms with Crippen molar-refractivity contribution in [2.45, 2.75) is 19.0 Å². The van der Waals surface area contributed by atoms with Crippen LogP contribution in [0.4, 0.5) is 0 Å². The van der Waals surface area contributed by atoms with Crippen LogP contribution in [-0.4, -0.2) is 44.0 Å². The van der Waals surface area contributed by atoms with Crippen molar-refractivity contribution < 1.29 is 19.4 Å². The van der Waals surface area contributed by atoms with Crippen molar-refractivity contribution in [2.24, 2.45) is 0 Å². The third-order valence-electron chi connectivity index (χ3n) is 4.43. The average Bonchev–Trinajstić information content (AvgIpc) is 2.81.